The Labute approximate surface area is 169 Å². The summed E-state index contributed by atoms with van der Waals surface area (Å²) in [6, 6.07) is 4.06. The molecule has 1 N–H and O–H groups in total. The molecule has 28 heavy (non-hydrogen) atoms. The van der Waals surface area contributed by atoms with Gasteiger partial charge < -0.3 is 15.0 Å². The van der Waals surface area contributed by atoms with Crippen molar-refractivity contribution in [3.05, 3.63) is 23.8 Å². The largest absolute Gasteiger partial charge is 0.418 e. The van der Waals surface area contributed by atoms with Crippen LogP contribution >= 0.6 is 11.8 Å². The Morgan fingerprint density at radius 2 is 1.96 bits per heavy atom. The molecule has 1 saturated heterocycles. The number of rotatable bonds is 7. The molecule has 0 aromatic heterocycles. The van der Waals surface area contributed by atoms with E-state index in [0.717, 1.165) is 11.8 Å². The standard InChI is InChI=1S/C20H29F3N2O2S/c1-5-28-18(13(2)3)19(26)24-14-6-7-17(16(12-14)20(21,22)23)25-10-8-15(27-4)9-11-25/h6-7,12-13,15,18H,5,8-11H2,1-4H3,(H,24,26). The molecule has 0 bridgehead atoms. The van der Waals surface area contributed by atoms with Crippen molar-refractivity contribution in [1.29, 1.82) is 0 Å². The highest BCUT2D eigenvalue weighted by atomic mass is 32.2. The summed E-state index contributed by atoms with van der Waals surface area (Å²) in [5.41, 5.74) is -0.385. The van der Waals surface area contributed by atoms with E-state index < -0.39 is 11.7 Å². The average molecular weight is 419 g/mol. The molecule has 1 aromatic rings. The fraction of sp³-hybridized carbons (Fsp3) is 0.650. The topological polar surface area (TPSA) is 41.6 Å². The van der Waals surface area contributed by atoms with Gasteiger partial charge in [-0.05, 0) is 42.7 Å². The van der Waals surface area contributed by atoms with Gasteiger partial charge in [-0.3, -0.25) is 4.79 Å². The van der Waals surface area contributed by atoms with E-state index in [0.29, 0.717) is 25.9 Å². The van der Waals surface area contributed by atoms with Gasteiger partial charge in [-0.25, -0.2) is 0 Å². The van der Waals surface area contributed by atoms with Crippen LogP contribution in [0.4, 0.5) is 24.5 Å². The zero-order chi connectivity index (χ0) is 20.9. The van der Waals surface area contributed by atoms with Gasteiger partial charge in [-0.15, -0.1) is 11.8 Å². The normalized spacial score (nSPS) is 17.1. The zero-order valence-electron chi connectivity index (χ0n) is 16.8. The van der Waals surface area contributed by atoms with Crippen molar-refractivity contribution in [1.82, 2.24) is 0 Å². The van der Waals surface area contributed by atoms with Crippen LogP contribution in [0.3, 0.4) is 0 Å². The van der Waals surface area contributed by atoms with Crippen molar-refractivity contribution >= 4 is 29.0 Å². The third-order valence-electron chi connectivity index (χ3n) is 4.90. The van der Waals surface area contributed by atoms with Gasteiger partial charge in [0.1, 0.15) is 0 Å². The van der Waals surface area contributed by atoms with Crippen LogP contribution < -0.4 is 10.2 Å². The van der Waals surface area contributed by atoms with E-state index >= 15 is 0 Å². The molecule has 1 unspecified atom stereocenters. The highest BCUT2D eigenvalue weighted by Crippen LogP contribution is 2.39. The number of piperidine rings is 1. The lowest BCUT2D eigenvalue weighted by atomic mass is 10.0. The number of carbonyl (C=O) groups is 1. The third kappa shape index (κ3) is 5.80. The minimum atomic E-state index is -4.50. The predicted octanol–water partition coefficient (Wildman–Crippen LogP) is 5.04. The van der Waals surface area contributed by atoms with Crippen molar-refractivity contribution in [2.24, 2.45) is 5.92 Å². The summed E-state index contributed by atoms with van der Waals surface area (Å²) >= 11 is 1.50. The number of halogens is 3. The summed E-state index contributed by atoms with van der Waals surface area (Å²) < 4.78 is 46.4. The molecule has 0 radical (unpaired) electrons. The van der Waals surface area contributed by atoms with Crippen molar-refractivity contribution in [2.75, 3.05) is 36.2 Å². The summed E-state index contributed by atoms with van der Waals surface area (Å²) in [5, 5.41) is 2.37. The Kier molecular flexibility index (Phi) is 8.07. The highest BCUT2D eigenvalue weighted by molar-refractivity contribution is 8.00. The quantitative estimate of drug-likeness (QED) is 0.674. The molecule has 1 fully saturated rings. The van der Waals surface area contributed by atoms with Crippen LogP contribution in [-0.4, -0.2) is 43.2 Å². The van der Waals surface area contributed by atoms with Gasteiger partial charge in [0.2, 0.25) is 5.91 Å². The number of nitrogens with one attached hydrogen (secondary N) is 1. The van der Waals surface area contributed by atoms with Crippen LogP contribution in [0.5, 0.6) is 0 Å². The summed E-state index contributed by atoms with van der Waals surface area (Å²) in [6.45, 7) is 6.84. The van der Waals surface area contributed by atoms with E-state index in [9.17, 15) is 18.0 Å². The van der Waals surface area contributed by atoms with Crippen LogP contribution in [-0.2, 0) is 15.7 Å². The number of anilines is 2. The number of alkyl halides is 3. The molecule has 0 spiro atoms. The van der Waals surface area contributed by atoms with E-state index in [-0.39, 0.29) is 34.6 Å². The van der Waals surface area contributed by atoms with Gasteiger partial charge in [0.15, 0.2) is 0 Å². The molecule has 2 rings (SSSR count). The number of amides is 1. The average Bonchev–Trinajstić information content (AvgIpc) is 2.65. The van der Waals surface area contributed by atoms with Crippen LogP contribution in [0.2, 0.25) is 0 Å². The summed E-state index contributed by atoms with van der Waals surface area (Å²) in [4.78, 5) is 14.3. The number of hydrogen-bond donors (Lipinski definition) is 1. The van der Waals surface area contributed by atoms with Crippen molar-refractivity contribution in [3.8, 4) is 0 Å². The maximum atomic E-state index is 13.7. The Hall–Kier alpha value is -1.41. The lowest BCUT2D eigenvalue weighted by Gasteiger charge is -2.34. The Balaban J connectivity index is 2.24. The van der Waals surface area contributed by atoms with Gasteiger partial charge in [-0.1, -0.05) is 20.8 Å². The van der Waals surface area contributed by atoms with E-state index in [4.69, 9.17) is 4.74 Å². The van der Waals surface area contributed by atoms with Gasteiger partial charge in [-0.2, -0.15) is 13.2 Å². The summed E-state index contributed by atoms with van der Waals surface area (Å²) in [5.74, 6) is 0.595. The first-order valence-corrected chi connectivity index (χ1v) is 10.6. The minimum Gasteiger partial charge on any atom is -0.381 e. The second-order valence-corrected chi connectivity index (χ2v) is 8.68. The maximum Gasteiger partial charge on any atom is 0.418 e. The molecule has 4 nitrogen and oxygen atoms in total. The molecule has 8 heteroatoms. The SMILES string of the molecule is CCSC(C(=O)Nc1ccc(N2CCC(OC)CC2)c(C(F)(F)F)c1)C(C)C. The van der Waals surface area contributed by atoms with Crippen molar-refractivity contribution in [2.45, 2.75) is 51.1 Å². The number of hydrogen-bond acceptors (Lipinski definition) is 4. The Bertz CT molecular complexity index is 659. The molecule has 1 aromatic carbocycles. The molecular weight excluding hydrogens is 389 g/mol. The number of ether oxygens (including phenoxy) is 1. The molecule has 158 valence electrons. The highest BCUT2D eigenvalue weighted by Gasteiger charge is 2.36. The zero-order valence-corrected chi connectivity index (χ0v) is 17.6. The molecule has 1 aliphatic heterocycles. The van der Waals surface area contributed by atoms with Gasteiger partial charge in [0.25, 0.3) is 0 Å². The first-order valence-electron chi connectivity index (χ1n) is 9.58. The molecular formula is C20H29F3N2O2S. The van der Waals surface area contributed by atoms with E-state index in [2.05, 4.69) is 5.32 Å². The summed E-state index contributed by atoms with van der Waals surface area (Å²) in [6.07, 6.45) is -3.02. The van der Waals surface area contributed by atoms with Crippen LogP contribution in [0.1, 0.15) is 39.2 Å². The number of benzene rings is 1. The predicted molar refractivity (Wildman–Crippen MR) is 109 cm³/mol. The second kappa shape index (κ2) is 9.87. The Morgan fingerprint density at radius 3 is 2.46 bits per heavy atom. The van der Waals surface area contributed by atoms with Gasteiger partial charge in [0, 0.05) is 31.6 Å². The molecule has 1 aliphatic rings. The van der Waals surface area contributed by atoms with E-state index in [1.165, 1.54) is 17.8 Å². The number of nitrogens with zero attached hydrogens (tertiary/aromatic N) is 1. The lowest BCUT2D eigenvalue weighted by molar-refractivity contribution is -0.137. The smallest absolute Gasteiger partial charge is 0.381 e. The van der Waals surface area contributed by atoms with Crippen molar-refractivity contribution < 1.29 is 22.7 Å². The first-order chi connectivity index (χ1) is 13.2. The fourth-order valence-electron chi connectivity index (χ4n) is 3.41. The lowest BCUT2D eigenvalue weighted by Crippen LogP contribution is -2.37. The van der Waals surface area contributed by atoms with E-state index in [1.54, 1.807) is 18.1 Å². The Morgan fingerprint density at radius 1 is 1.32 bits per heavy atom. The summed E-state index contributed by atoms with van der Waals surface area (Å²) in [7, 11) is 1.63. The number of carbonyl (C=O) groups excluding carboxylic acids is 1. The third-order valence-corrected chi connectivity index (χ3v) is 6.35. The minimum absolute atomic E-state index is 0.0909. The van der Waals surface area contributed by atoms with Gasteiger partial charge in [0.05, 0.1) is 16.9 Å². The van der Waals surface area contributed by atoms with Crippen LogP contribution in [0.25, 0.3) is 0 Å². The monoisotopic (exact) mass is 418 g/mol. The van der Waals surface area contributed by atoms with Crippen molar-refractivity contribution in [3.63, 3.8) is 0 Å². The second-order valence-electron chi connectivity index (χ2n) is 7.26. The number of methoxy groups -OCH3 is 1. The first kappa shape index (κ1) is 22.9. The van der Waals surface area contributed by atoms with Crippen LogP contribution in [0.15, 0.2) is 18.2 Å². The van der Waals surface area contributed by atoms with E-state index in [1.807, 2.05) is 20.8 Å². The van der Waals surface area contributed by atoms with Gasteiger partial charge >= 0.3 is 6.18 Å². The molecule has 1 amide bonds. The maximum absolute atomic E-state index is 13.7. The molecule has 0 saturated carbocycles. The van der Waals surface area contributed by atoms with Crippen LogP contribution in [0, 0.1) is 5.92 Å². The molecule has 0 aliphatic carbocycles. The molecule has 1 heterocycles. The fourth-order valence-corrected chi connectivity index (χ4v) is 4.37. The molecule has 1 atom stereocenters. The number of thioether (sulfide) groups is 1.